The number of aliphatic hydroxyl groups is 1. The Balaban J connectivity index is 2.70. The van der Waals surface area contributed by atoms with Crippen LogP contribution in [0.3, 0.4) is 0 Å². The maximum absolute atomic E-state index is 8.93. The number of aliphatic hydroxyl groups excluding tert-OH is 1. The molecule has 0 aliphatic carbocycles. The summed E-state index contributed by atoms with van der Waals surface area (Å²) in [6, 6.07) is 0.221. The van der Waals surface area contributed by atoms with Crippen LogP contribution in [0.2, 0.25) is 0 Å². The minimum atomic E-state index is 0.0965. The molecule has 1 aromatic rings. The standard InChI is InChI=1S/C10H20N6O2/c1-3-4-18-10-14-8(12-5-7(2)6-17)13-9(15-10)16-11/h7,17H,3-6,11H2,1-2H3,(H2,12,13,14,15,16). The highest BCUT2D eigenvalue weighted by Crippen LogP contribution is 2.11. The van der Waals surface area contributed by atoms with E-state index in [1.54, 1.807) is 0 Å². The summed E-state index contributed by atoms with van der Waals surface area (Å²) in [5, 5.41) is 11.9. The van der Waals surface area contributed by atoms with Crippen LogP contribution in [-0.4, -0.2) is 39.8 Å². The predicted molar refractivity (Wildman–Crippen MR) is 68.2 cm³/mol. The van der Waals surface area contributed by atoms with E-state index in [4.69, 9.17) is 15.7 Å². The molecule has 0 fully saturated rings. The summed E-state index contributed by atoms with van der Waals surface area (Å²) in [7, 11) is 0. The van der Waals surface area contributed by atoms with Gasteiger partial charge in [-0.3, -0.25) is 5.43 Å². The van der Waals surface area contributed by atoms with Crippen LogP contribution in [0.5, 0.6) is 6.01 Å². The van der Waals surface area contributed by atoms with Gasteiger partial charge in [-0.1, -0.05) is 13.8 Å². The smallest absolute Gasteiger partial charge is 0.323 e. The molecule has 0 saturated heterocycles. The number of nitrogens with two attached hydrogens (primary N) is 1. The van der Waals surface area contributed by atoms with Crippen molar-refractivity contribution < 1.29 is 9.84 Å². The Kier molecular flexibility index (Phi) is 6.09. The zero-order valence-corrected chi connectivity index (χ0v) is 10.7. The third kappa shape index (κ3) is 4.68. The van der Waals surface area contributed by atoms with Crippen LogP contribution in [0, 0.1) is 5.92 Å². The SMILES string of the molecule is CCCOc1nc(NN)nc(NCC(C)CO)n1. The van der Waals surface area contributed by atoms with Crippen LogP contribution >= 0.6 is 0 Å². The average molecular weight is 256 g/mol. The summed E-state index contributed by atoms with van der Waals surface area (Å²) in [4.78, 5) is 12.1. The van der Waals surface area contributed by atoms with Crippen molar-refractivity contribution in [2.75, 3.05) is 30.5 Å². The number of aromatic nitrogens is 3. The molecule has 1 aromatic heterocycles. The fourth-order valence-electron chi connectivity index (χ4n) is 1.09. The molecule has 1 rings (SSSR count). The Morgan fingerprint density at radius 3 is 2.67 bits per heavy atom. The second-order valence-electron chi connectivity index (χ2n) is 3.93. The Morgan fingerprint density at radius 1 is 1.33 bits per heavy atom. The van der Waals surface area contributed by atoms with Crippen molar-refractivity contribution in [3.05, 3.63) is 0 Å². The summed E-state index contributed by atoms with van der Waals surface area (Å²) < 4.78 is 5.32. The summed E-state index contributed by atoms with van der Waals surface area (Å²) >= 11 is 0. The molecule has 1 atom stereocenters. The summed E-state index contributed by atoms with van der Waals surface area (Å²) in [5.74, 6) is 5.98. The van der Waals surface area contributed by atoms with Gasteiger partial charge in [-0.25, -0.2) is 5.84 Å². The average Bonchev–Trinajstić information content (AvgIpc) is 2.42. The Bertz CT molecular complexity index is 362. The molecule has 0 radical (unpaired) electrons. The molecule has 1 unspecified atom stereocenters. The molecular weight excluding hydrogens is 236 g/mol. The van der Waals surface area contributed by atoms with Crippen molar-refractivity contribution in [3.8, 4) is 6.01 Å². The molecule has 102 valence electrons. The van der Waals surface area contributed by atoms with Crippen molar-refractivity contribution in [1.29, 1.82) is 0 Å². The van der Waals surface area contributed by atoms with Gasteiger partial charge in [0.25, 0.3) is 0 Å². The minimum absolute atomic E-state index is 0.0965. The second-order valence-corrected chi connectivity index (χ2v) is 3.93. The fraction of sp³-hybridized carbons (Fsp3) is 0.700. The lowest BCUT2D eigenvalue weighted by Gasteiger charge is -2.11. The van der Waals surface area contributed by atoms with E-state index in [1.807, 2.05) is 13.8 Å². The number of rotatable bonds is 8. The van der Waals surface area contributed by atoms with Crippen molar-refractivity contribution >= 4 is 11.9 Å². The molecule has 0 amide bonds. The van der Waals surface area contributed by atoms with E-state index in [0.29, 0.717) is 19.1 Å². The molecule has 0 spiro atoms. The highest BCUT2D eigenvalue weighted by Gasteiger charge is 2.07. The van der Waals surface area contributed by atoms with Crippen LogP contribution < -0.4 is 21.3 Å². The first kappa shape index (κ1) is 14.4. The maximum atomic E-state index is 8.93. The number of anilines is 2. The zero-order chi connectivity index (χ0) is 13.4. The van der Waals surface area contributed by atoms with E-state index >= 15 is 0 Å². The van der Waals surface area contributed by atoms with E-state index in [0.717, 1.165) is 6.42 Å². The molecule has 0 aromatic carbocycles. The third-order valence-corrected chi connectivity index (χ3v) is 2.10. The van der Waals surface area contributed by atoms with E-state index in [2.05, 4.69) is 25.7 Å². The minimum Gasteiger partial charge on any atom is -0.463 e. The molecule has 0 aliphatic heterocycles. The van der Waals surface area contributed by atoms with Crippen molar-refractivity contribution in [1.82, 2.24) is 15.0 Å². The Morgan fingerprint density at radius 2 is 2.06 bits per heavy atom. The van der Waals surface area contributed by atoms with E-state index in [-0.39, 0.29) is 24.5 Å². The molecule has 18 heavy (non-hydrogen) atoms. The van der Waals surface area contributed by atoms with Gasteiger partial charge in [-0.15, -0.1) is 0 Å². The molecule has 0 saturated carbocycles. The van der Waals surface area contributed by atoms with Gasteiger partial charge >= 0.3 is 6.01 Å². The highest BCUT2D eigenvalue weighted by atomic mass is 16.5. The summed E-state index contributed by atoms with van der Waals surface area (Å²) in [6.45, 7) is 5.08. The quantitative estimate of drug-likeness (QED) is 0.379. The first-order chi connectivity index (χ1) is 8.69. The monoisotopic (exact) mass is 256 g/mol. The Labute approximate surface area is 106 Å². The van der Waals surface area contributed by atoms with Gasteiger partial charge in [-0.2, -0.15) is 15.0 Å². The number of hydrogen-bond donors (Lipinski definition) is 4. The number of hydrogen-bond acceptors (Lipinski definition) is 8. The fourth-order valence-corrected chi connectivity index (χ4v) is 1.09. The summed E-state index contributed by atoms with van der Waals surface area (Å²) in [6.07, 6.45) is 0.862. The molecule has 0 bridgehead atoms. The Hall–Kier alpha value is -1.67. The molecular formula is C10H20N6O2. The molecule has 8 nitrogen and oxygen atoms in total. The van der Waals surface area contributed by atoms with Gasteiger partial charge < -0.3 is 15.2 Å². The lowest BCUT2D eigenvalue weighted by Crippen LogP contribution is -2.18. The van der Waals surface area contributed by atoms with Gasteiger partial charge in [0, 0.05) is 13.2 Å². The van der Waals surface area contributed by atoms with Gasteiger partial charge in [0.2, 0.25) is 11.9 Å². The molecule has 0 aliphatic rings. The van der Waals surface area contributed by atoms with Crippen LogP contribution in [-0.2, 0) is 0 Å². The lowest BCUT2D eigenvalue weighted by molar-refractivity contribution is 0.244. The molecule has 5 N–H and O–H groups in total. The number of hydrazine groups is 1. The maximum Gasteiger partial charge on any atom is 0.323 e. The van der Waals surface area contributed by atoms with Crippen molar-refractivity contribution in [2.24, 2.45) is 11.8 Å². The van der Waals surface area contributed by atoms with E-state index in [9.17, 15) is 0 Å². The highest BCUT2D eigenvalue weighted by molar-refractivity contribution is 5.34. The second kappa shape index (κ2) is 7.62. The van der Waals surface area contributed by atoms with Crippen LogP contribution in [0.25, 0.3) is 0 Å². The van der Waals surface area contributed by atoms with E-state index < -0.39 is 0 Å². The zero-order valence-electron chi connectivity index (χ0n) is 10.7. The van der Waals surface area contributed by atoms with Crippen molar-refractivity contribution in [3.63, 3.8) is 0 Å². The van der Waals surface area contributed by atoms with E-state index in [1.165, 1.54) is 0 Å². The largest absolute Gasteiger partial charge is 0.463 e. The van der Waals surface area contributed by atoms with Crippen LogP contribution in [0.1, 0.15) is 20.3 Å². The summed E-state index contributed by atoms with van der Waals surface area (Å²) in [5.41, 5.74) is 2.35. The van der Waals surface area contributed by atoms with Crippen molar-refractivity contribution in [2.45, 2.75) is 20.3 Å². The first-order valence-corrected chi connectivity index (χ1v) is 5.89. The number of nitrogens with one attached hydrogen (secondary N) is 2. The number of nitrogens with zero attached hydrogens (tertiary/aromatic N) is 3. The van der Waals surface area contributed by atoms with Gasteiger partial charge in [0.1, 0.15) is 0 Å². The normalized spacial score (nSPS) is 12.0. The van der Waals surface area contributed by atoms with Gasteiger partial charge in [-0.05, 0) is 12.3 Å². The third-order valence-electron chi connectivity index (χ3n) is 2.10. The number of ether oxygens (including phenoxy) is 1. The van der Waals surface area contributed by atoms with Crippen LogP contribution in [0.15, 0.2) is 0 Å². The number of nitrogen functional groups attached to an aromatic ring is 1. The van der Waals surface area contributed by atoms with Crippen LogP contribution in [0.4, 0.5) is 11.9 Å². The molecule has 1 heterocycles. The topological polar surface area (TPSA) is 118 Å². The van der Waals surface area contributed by atoms with Gasteiger partial charge in [0.05, 0.1) is 6.61 Å². The lowest BCUT2D eigenvalue weighted by atomic mass is 10.2. The van der Waals surface area contributed by atoms with Gasteiger partial charge in [0.15, 0.2) is 0 Å². The first-order valence-electron chi connectivity index (χ1n) is 5.89. The molecule has 8 heteroatoms. The predicted octanol–water partition coefficient (Wildman–Crippen LogP) is -0.0137.